The van der Waals surface area contributed by atoms with Crippen molar-refractivity contribution in [2.75, 3.05) is 6.54 Å². The van der Waals surface area contributed by atoms with Gasteiger partial charge in [0.25, 0.3) is 0 Å². The molecule has 1 atom stereocenters. The van der Waals surface area contributed by atoms with E-state index in [1.54, 1.807) is 6.07 Å². The molecule has 1 unspecified atom stereocenters. The van der Waals surface area contributed by atoms with Gasteiger partial charge in [0.05, 0.1) is 0 Å². The molecule has 0 aromatic heterocycles. The highest BCUT2D eigenvalue weighted by Crippen LogP contribution is 2.33. The summed E-state index contributed by atoms with van der Waals surface area (Å²) >= 11 is 0. The summed E-state index contributed by atoms with van der Waals surface area (Å²) in [5, 5.41) is 9.86. The van der Waals surface area contributed by atoms with Crippen LogP contribution in [0.5, 0.6) is 5.75 Å². The molecule has 0 saturated carbocycles. The molecule has 0 bridgehead atoms. The van der Waals surface area contributed by atoms with Gasteiger partial charge in [0.1, 0.15) is 5.75 Å². The Morgan fingerprint density at radius 2 is 2.13 bits per heavy atom. The number of phenols is 1. The van der Waals surface area contributed by atoms with Crippen LogP contribution in [0, 0.1) is 6.92 Å². The molecular formula is C13H21NO. The highest BCUT2D eigenvalue weighted by atomic mass is 16.3. The smallest absolute Gasteiger partial charge is 0.119 e. The third kappa shape index (κ3) is 2.96. The van der Waals surface area contributed by atoms with Gasteiger partial charge in [-0.3, -0.25) is 0 Å². The zero-order chi connectivity index (χ0) is 11.3. The molecule has 0 spiro atoms. The van der Waals surface area contributed by atoms with Crippen LogP contribution in [-0.2, 0) is 0 Å². The van der Waals surface area contributed by atoms with Gasteiger partial charge in [0, 0.05) is 0 Å². The van der Waals surface area contributed by atoms with Gasteiger partial charge in [-0.1, -0.05) is 19.1 Å². The summed E-state index contributed by atoms with van der Waals surface area (Å²) in [4.78, 5) is 0. The van der Waals surface area contributed by atoms with Crippen LogP contribution in [-0.4, -0.2) is 11.7 Å². The number of rotatable bonds is 5. The second kappa shape index (κ2) is 5.76. The summed E-state index contributed by atoms with van der Waals surface area (Å²) in [5.41, 5.74) is 7.81. The van der Waals surface area contributed by atoms with E-state index in [1.807, 2.05) is 6.07 Å². The Bertz CT molecular complexity index is 289. The first-order chi connectivity index (χ1) is 7.20. The maximum absolute atomic E-state index is 9.86. The standard InChI is InChI=1S/C13H21NO/c1-3-11(7-5-9-14)13-10(2)6-4-8-12(13)15/h4,6,8,11,15H,3,5,7,9,14H2,1-2H3. The van der Waals surface area contributed by atoms with E-state index >= 15 is 0 Å². The minimum atomic E-state index is 0.430. The van der Waals surface area contributed by atoms with Gasteiger partial charge in [-0.2, -0.15) is 0 Å². The van der Waals surface area contributed by atoms with Crippen molar-refractivity contribution >= 4 is 0 Å². The van der Waals surface area contributed by atoms with Crippen LogP contribution in [0.3, 0.4) is 0 Å². The molecule has 1 rings (SSSR count). The van der Waals surface area contributed by atoms with Crippen LogP contribution in [0.15, 0.2) is 18.2 Å². The van der Waals surface area contributed by atoms with E-state index in [2.05, 4.69) is 19.9 Å². The molecule has 3 N–H and O–H groups in total. The topological polar surface area (TPSA) is 46.2 Å². The number of aromatic hydroxyl groups is 1. The summed E-state index contributed by atoms with van der Waals surface area (Å²) < 4.78 is 0. The number of hydrogen-bond acceptors (Lipinski definition) is 2. The lowest BCUT2D eigenvalue weighted by atomic mass is 9.88. The van der Waals surface area contributed by atoms with Crippen molar-refractivity contribution in [3.8, 4) is 5.75 Å². The van der Waals surface area contributed by atoms with Crippen LogP contribution in [0.2, 0.25) is 0 Å². The average molecular weight is 207 g/mol. The van der Waals surface area contributed by atoms with Crippen molar-refractivity contribution < 1.29 is 5.11 Å². The first kappa shape index (κ1) is 12.1. The Morgan fingerprint density at radius 1 is 1.40 bits per heavy atom. The summed E-state index contributed by atoms with van der Waals surface area (Å²) in [6.45, 7) is 4.94. The van der Waals surface area contributed by atoms with Crippen molar-refractivity contribution in [2.45, 2.75) is 39.0 Å². The fourth-order valence-corrected chi connectivity index (χ4v) is 2.11. The summed E-state index contributed by atoms with van der Waals surface area (Å²) in [6, 6.07) is 5.72. The number of aryl methyl sites for hydroxylation is 1. The van der Waals surface area contributed by atoms with Gasteiger partial charge >= 0.3 is 0 Å². The van der Waals surface area contributed by atoms with Crippen LogP contribution in [0.25, 0.3) is 0 Å². The van der Waals surface area contributed by atoms with E-state index in [4.69, 9.17) is 5.73 Å². The van der Waals surface area contributed by atoms with E-state index in [0.29, 0.717) is 11.7 Å². The van der Waals surface area contributed by atoms with Crippen LogP contribution in [0.4, 0.5) is 0 Å². The van der Waals surface area contributed by atoms with Crippen LogP contribution < -0.4 is 5.73 Å². The molecule has 1 aromatic rings. The zero-order valence-electron chi connectivity index (χ0n) is 9.66. The number of phenolic OH excluding ortho intramolecular Hbond substituents is 1. The molecule has 0 radical (unpaired) electrons. The maximum Gasteiger partial charge on any atom is 0.119 e. The van der Waals surface area contributed by atoms with E-state index in [1.165, 1.54) is 5.56 Å². The van der Waals surface area contributed by atoms with Gasteiger partial charge in [-0.25, -0.2) is 0 Å². The number of nitrogens with two attached hydrogens (primary N) is 1. The molecule has 84 valence electrons. The highest BCUT2D eigenvalue weighted by molar-refractivity contribution is 5.41. The second-order valence-electron chi connectivity index (χ2n) is 4.04. The van der Waals surface area contributed by atoms with Gasteiger partial charge in [0.15, 0.2) is 0 Å². The molecule has 0 amide bonds. The lowest BCUT2D eigenvalue weighted by Crippen LogP contribution is -2.05. The van der Waals surface area contributed by atoms with Crippen molar-refractivity contribution in [1.82, 2.24) is 0 Å². The highest BCUT2D eigenvalue weighted by Gasteiger charge is 2.15. The van der Waals surface area contributed by atoms with Gasteiger partial charge in [0.2, 0.25) is 0 Å². The lowest BCUT2D eigenvalue weighted by Gasteiger charge is -2.18. The minimum Gasteiger partial charge on any atom is -0.508 e. The monoisotopic (exact) mass is 207 g/mol. The quantitative estimate of drug-likeness (QED) is 0.779. The molecule has 2 nitrogen and oxygen atoms in total. The molecule has 0 fully saturated rings. The molecule has 2 heteroatoms. The van der Waals surface area contributed by atoms with E-state index in [9.17, 15) is 5.11 Å². The number of hydrogen-bond donors (Lipinski definition) is 2. The number of benzene rings is 1. The molecular weight excluding hydrogens is 186 g/mol. The van der Waals surface area contributed by atoms with Gasteiger partial charge in [-0.05, 0) is 55.8 Å². The molecule has 15 heavy (non-hydrogen) atoms. The van der Waals surface area contributed by atoms with Crippen LogP contribution >= 0.6 is 0 Å². The van der Waals surface area contributed by atoms with Crippen molar-refractivity contribution in [1.29, 1.82) is 0 Å². The average Bonchev–Trinajstić information content (AvgIpc) is 2.22. The molecule has 0 saturated heterocycles. The third-order valence-corrected chi connectivity index (χ3v) is 2.96. The molecule has 0 aliphatic rings. The zero-order valence-corrected chi connectivity index (χ0v) is 9.66. The van der Waals surface area contributed by atoms with Crippen molar-refractivity contribution in [2.24, 2.45) is 5.73 Å². The Morgan fingerprint density at radius 3 is 2.67 bits per heavy atom. The maximum atomic E-state index is 9.86. The predicted molar refractivity (Wildman–Crippen MR) is 64.2 cm³/mol. The van der Waals surface area contributed by atoms with Crippen LogP contribution in [0.1, 0.15) is 43.2 Å². The molecule has 0 heterocycles. The van der Waals surface area contributed by atoms with Gasteiger partial charge in [-0.15, -0.1) is 0 Å². The van der Waals surface area contributed by atoms with Crippen molar-refractivity contribution in [3.63, 3.8) is 0 Å². The van der Waals surface area contributed by atoms with E-state index in [0.717, 1.165) is 31.4 Å². The fourth-order valence-electron chi connectivity index (χ4n) is 2.11. The normalized spacial score (nSPS) is 12.7. The van der Waals surface area contributed by atoms with E-state index in [-0.39, 0.29) is 0 Å². The third-order valence-electron chi connectivity index (χ3n) is 2.96. The van der Waals surface area contributed by atoms with Gasteiger partial charge < -0.3 is 10.8 Å². The van der Waals surface area contributed by atoms with Crippen molar-refractivity contribution in [3.05, 3.63) is 29.3 Å². The molecule has 1 aromatic carbocycles. The fraction of sp³-hybridized carbons (Fsp3) is 0.538. The first-order valence-corrected chi connectivity index (χ1v) is 5.69. The minimum absolute atomic E-state index is 0.430. The Kier molecular flexibility index (Phi) is 4.63. The summed E-state index contributed by atoms with van der Waals surface area (Å²) in [5.74, 6) is 0.869. The van der Waals surface area contributed by atoms with E-state index < -0.39 is 0 Å². The molecule has 0 aliphatic carbocycles. The first-order valence-electron chi connectivity index (χ1n) is 5.69. The Balaban J connectivity index is 2.90. The Hall–Kier alpha value is -1.02. The molecule has 0 aliphatic heterocycles. The predicted octanol–water partition coefficient (Wildman–Crippen LogP) is 2.93. The summed E-state index contributed by atoms with van der Waals surface area (Å²) in [6.07, 6.45) is 3.14. The summed E-state index contributed by atoms with van der Waals surface area (Å²) in [7, 11) is 0. The second-order valence-corrected chi connectivity index (χ2v) is 4.04. The lowest BCUT2D eigenvalue weighted by molar-refractivity contribution is 0.452. The SMILES string of the molecule is CCC(CCCN)c1c(C)cccc1O. The largest absolute Gasteiger partial charge is 0.508 e. The Labute approximate surface area is 92.1 Å².